The third-order valence-electron chi connectivity index (χ3n) is 7.16. The summed E-state index contributed by atoms with van der Waals surface area (Å²) in [6.07, 6.45) is 10.8. The molecule has 0 radical (unpaired) electrons. The molecular formula is C25H22Cl2N4O3. The Labute approximate surface area is 206 Å². The zero-order valence-electron chi connectivity index (χ0n) is 18.3. The Morgan fingerprint density at radius 3 is 2.32 bits per heavy atom. The van der Waals surface area contributed by atoms with Crippen molar-refractivity contribution in [2.24, 2.45) is 5.41 Å². The number of carbonyl (C=O) groups is 1. The first-order valence-corrected chi connectivity index (χ1v) is 12.2. The van der Waals surface area contributed by atoms with E-state index in [1.807, 2.05) is 18.2 Å². The molecule has 1 aromatic carbocycles. The van der Waals surface area contributed by atoms with E-state index in [4.69, 9.17) is 32.8 Å². The highest BCUT2D eigenvalue weighted by molar-refractivity contribution is 6.39. The van der Waals surface area contributed by atoms with Crippen molar-refractivity contribution in [1.29, 1.82) is 0 Å². The maximum atomic E-state index is 11.0. The molecule has 0 atom stereocenters. The number of rotatable bonds is 5. The lowest BCUT2D eigenvalue weighted by atomic mass is 9.63. The van der Waals surface area contributed by atoms with Crippen LogP contribution in [0.1, 0.15) is 60.0 Å². The normalized spacial score (nSPS) is 19.1. The maximum absolute atomic E-state index is 11.0. The average Bonchev–Trinajstić information content (AvgIpc) is 3.57. The molecule has 2 aliphatic carbocycles. The number of hydrogen-bond donors (Lipinski definition) is 1. The van der Waals surface area contributed by atoms with Crippen LogP contribution in [0.15, 0.2) is 41.2 Å². The molecule has 1 spiro atoms. The molecule has 1 saturated carbocycles. The topological polar surface area (TPSA) is 92.3 Å². The Bertz CT molecular complexity index is 1290. The predicted molar refractivity (Wildman–Crippen MR) is 129 cm³/mol. The van der Waals surface area contributed by atoms with E-state index in [1.165, 1.54) is 5.57 Å². The molecule has 6 rings (SSSR count). The molecule has 2 aromatic heterocycles. The lowest BCUT2D eigenvalue weighted by Gasteiger charge is -2.46. The number of carboxylic acid groups (broad SMARTS) is 1. The second-order valence-electron chi connectivity index (χ2n) is 9.41. The van der Waals surface area contributed by atoms with Gasteiger partial charge in [-0.2, -0.15) is 0 Å². The molecule has 0 amide bonds. The van der Waals surface area contributed by atoms with Gasteiger partial charge in [0.1, 0.15) is 11.5 Å². The molecule has 0 bridgehead atoms. The molecule has 174 valence electrons. The average molecular weight is 497 g/mol. The summed E-state index contributed by atoms with van der Waals surface area (Å²) in [4.78, 5) is 21.1. The minimum Gasteiger partial charge on any atom is -0.475 e. The SMILES string of the molecule is O=C(O)c1ncc(N2CCC3(C=C(c4c(-c5c(Cl)cccc5Cl)noc4C4CC4)C3)CC2)cn1. The van der Waals surface area contributed by atoms with Crippen LogP contribution in [0, 0.1) is 5.41 Å². The molecule has 1 saturated heterocycles. The van der Waals surface area contributed by atoms with Crippen LogP contribution < -0.4 is 4.90 Å². The quantitative estimate of drug-likeness (QED) is 0.456. The summed E-state index contributed by atoms with van der Waals surface area (Å²) in [5.41, 5.74) is 4.81. The van der Waals surface area contributed by atoms with E-state index >= 15 is 0 Å². The molecule has 0 unspecified atom stereocenters. The zero-order valence-corrected chi connectivity index (χ0v) is 19.8. The first-order chi connectivity index (χ1) is 16.4. The second-order valence-corrected chi connectivity index (χ2v) is 10.2. The molecule has 2 fully saturated rings. The molecule has 34 heavy (non-hydrogen) atoms. The summed E-state index contributed by atoms with van der Waals surface area (Å²) in [5, 5.41) is 14.6. The Morgan fingerprint density at radius 2 is 1.74 bits per heavy atom. The highest BCUT2D eigenvalue weighted by Crippen LogP contribution is 2.56. The summed E-state index contributed by atoms with van der Waals surface area (Å²) < 4.78 is 5.85. The monoisotopic (exact) mass is 496 g/mol. The molecule has 1 aliphatic heterocycles. The summed E-state index contributed by atoms with van der Waals surface area (Å²) in [6, 6.07) is 5.50. The zero-order chi connectivity index (χ0) is 23.4. The summed E-state index contributed by atoms with van der Waals surface area (Å²) in [6.45, 7) is 1.73. The molecular weight excluding hydrogens is 475 g/mol. The number of benzene rings is 1. The highest BCUT2D eigenvalue weighted by Gasteiger charge is 2.44. The van der Waals surface area contributed by atoms with Gasteiger partial charge in [0.2, 0.25) is 5.82 Å². The molecule has 3 aliphatic rings. The van der Waals surface area contributed by atoms with Gasteiger partial charge in [0, 0.05) is 30.1 Å². The molecule has 1 N–H and O–H groups in total. The minimum atomic E-state index is -1.12. The van der Waals surface area contributed by atoms with Gasteiger partial charge in [0.05, 0.1) is 28.1 Å². The molecule has 3 aromatic rings. The first-order valence-electron chi connectivity index (χ1n) is 11.4. The molecule has 7 nitrogen and oxygen atoms in total. The van der Waals surface area contributed by atoms with Crippen LogP contribution in [0.5, 0.6) is 0 Å². The van der Waals surface area contributed by atoms with E-state index in [-0.39, 0.29) is 11.2 Å². The lowest BCUT2D eigenvalue weighted by Crippen LogP contribution is -2.42. The van der Waals surface area contributed by atoms with Crippen LogP contribution in [0.25, 0.3) is 16.8 Å². The van der Waals surface area contributed by atoms with Gasteiger partial charge in [-0.25, -0.2) is 14.8 Å². The van der Waals surface area contributed by atoms with Crippen molar-refractivity contribution in [3.63, 3.8) is 0 Å². The van der Waals surface area contributed by atoms with E-state index in [1.54, 1.807) is 12.4 Å². The van der Waals surface area contributed by atoms with E-state index < -0.39 is 5.97 Å². The van der Waals surface area contributed by atoms with E-state index in [9.17, 15) is 4.79 Å². The number of allylic oxidation sites excluding steroid dienone is 2. The van der Waals surface area contributed by atoms with Crippen molar-refractivity contribution in [3.8, 4) is 11.3 Å². The lowest BCUT2D eigenvalue weighted by molar-refractivity contribution is 0.0683. The van der Waals surface area contributed by atoms with E-state index in [0.29, 0.717) is 16.0 Å². The van der Waals surface area contributed by atoms with Crippen molar-refractivity contribution < 1.29 is 14.4 Å². The van der Waals surface area contributed by atoms with Gasteiger partial charge in [-0.1, -0.05) is 40.5 Å². The van der Waals surface area contributed by atoms with Crippen molar-refractivity contribution in [3.05, 3.63) is 63.9 Å². The highest BCUT2D eigenvalue weighted by atomic mass is 35.5. The van der Waals surface area contributed by atoms with Crippen LogP contribution in [0.2, 0.25) is 10.0 Å². The van der Waals surface area contributed by atoms with Gasteiger partial charge in [-0.15, -0.1) is 0 Å². The Morgan fingerprint density at radius 1 is 1.09 bits per heavy atom. The minimum absolute atomic E-state index is 0.146. The standard InChI is InChI=1S/C25H22Cl2N4O3/c26-17-2-1-3-18(27)20(17)21-19(22(34-30-21)14-4-5-14)15-10-25(11-15)6-8-31(9-7-25)16-12-28-23(24(32)33)29-13-16/h1-3,10,12-14H,4-9,11H2,(H,32,33). The number of halogens is 2. The fourth-order valence-corrected chi connectivity index (χ4v) is 5.72. The number of piperidine rings is 1. The van der Waals surface area contributed by atoms with Gasteiger partial charge in [0.15, 0.2) is 0 Å². The van der Waals surface area contributed by atoms with Crippen LogP contribution in [0.3, 0.4) is 0 Å². The molecule has 3 heterocycles. The fraction of sp³-hybridized carbons (Fsp3) is 0.360. The van der Waals surface area contributed by atoms with Crippen LogP contribution in [-0.2, 0) is 0 Å². The van der Waals surface area contributed by atoms with E-state index in [2.05, 4.69) is 26.1 Å². The molecule has 9 heteroatoms. The van der Waals surface area contributed by atoms with Crippen LogP contribution >= 0.6 is 23.2 Å². The van der Waals surface area contributed by atoms with Crippen molar-refractivity contribution in [2.75, 3.05) is 18.0 Å². The summed E-state index contributed by atoms with van der Waals surface area (Å²) in [7, 11) is 0. The Hall–Kier alpha value is -2.90. The van der Waals surface area contributed by atoms with E-state index in [0.717, 1.165) is 73.5 Å². The third kappa shape index (κ3) is 3.67. The number of hydrogen-bond acceptors (Lipinski definition) is 6. The number of nitrogens with zero attached hydrogens (tertiary/aromatic N) is 4. The largest absolute Gasteiger partial charge is 0.475 e. The third-order valence-corrected chi connectivity index (χ3v) is 7.79. The maximum Gasteiger partial charge on any atom is 0.373 e. The van der Waals surface area contributed by atoms with Gasteiger partial charge in [0.25, 0.3) is 0 Å². The van der Waals surface area contributed by atoms with Crippen LogP contribution in [0.4, 0.5) is 5.69 Å². The van der Waals surface area contributed by atoms with Gasteiger partial charge < -0.3 is 14.5 Å². The summed E-state index contributed by atoms with van der Waals surface area (Å²) >= 11 is 13.0. The van der Waals surface area contributed by atoms with Gasteiger partial charge in [-0.3, -0.25) is 0 Å². The number of carboxylic acids is 1. The van der Waals surface area contributed by atoms with Crippen LogP contribution in [-0.4, -0.2) is 39.3 Å². The first kappa shape index (κ1) is 21.6. The number of anilines is 1. The second kappa shape index (κ2) is 8.10. The number of aromatic carboxylic acids is 1. The predicted octanol–water partition coefficient (Wildman–Crippen LogP) is 6.09. The Balaban J connectivity index is 1.25. The van der Waals surface area contributed by atoms with Crippen molar-refractivity contribution >= 4 is 40.4 Å². The van der Waals surface area contributed by atoms with Crippen molar-refractivity contribution in [1.82, 2.24) is 15.1 Å². The Kier molecular flexibility index (Phi) is 5.15. The fourth-order valence-electron chi connectivity index (χ4n) is 5.14. The van der Waals surface area contributed by atoms with Gasteiger partial charge in [-0.05, 0) is 55.2 Å². The van der Waals surface area contributed by atoms with Crippen molar-refractivity contribution in [2.45, 2.75) is 38.0 Å². The smallest absolute Gasteiger partial charge is 0.373 e. The summed E-state index contributed by atoms with van der Waals surface area (Å²) in [5.74, 6) is 0.0808. The van der Waals surface area contributed by atoms with Gasteiger partial charge >= 0.3 is 5.97 Å². The number of aromatic nitrogens is 3.